The molecular formula is C13H21NO2. The molecule has 0 saturated carbocycles. The number of hydrogen-bond acceptors (Lipinski definition) is 3. The first kappa shape index (κ1) is 13.0. The van der Waals surface area contributed by atoms with Crippen molar-refractivity contribution in [3.05, 3.63) is 23.8 Å². The first-order chi connectivity index (χ1) is 7.40. The molecule has 0 aromatic heterocycles. The Morgan fingerprint density at radius 3 is 2.69 bits per heavy atom. The van der Waals surface area contributed by atoms with Crippen LogP contribution in [-0.2, 0) is 9.53 Å². The molecule has 1 aliphatic carbocycles. The molecule has 2 N–H and O–H groups in total. The van der Waals surface area contributed by atoms with Crippen LogP contribution in [0, 0.1) is 0 Å². The fourth-order valence-electron chi connectivity index (χ4n) is 1.56. The maximum Gasteiger partial charge on any atom is 0.327 e. The summed E-state index contributed by atoms with van der Waals surface area (Å²) < 4.78 is 5.26. The van der Waals surface area contributed by atoms with E-state index in [1.54, 1.807) is 0 Å². The van der Waals surface area contributed by atoms with Crippen molar-refractivity contribution in [3.63, 3.8) is 0 Å². The van der Waals surface area contributed by atoms with E-state index in [0.717, 1.165) is 24.8 Å². The highest BCUT2D eigenvalue weighted by Crippen LogP contribution is 2.17. The number of rotatable bonds is 2. The smallest absolute Gasteiger partial charge is 0.327 e. The predicted molar refractivity (Wildman–Crippen MR) is 64.9 cm³/mol. The van der Waals surface area contributed by atoms with Crippen LogP contribution in [0.15, 0.2) is 23.8 Å². The monoisotopic (exact) mass is 223 g/mol. The second-order valence-corrected chi connectivity index (χ2v) is 5.04. The van der Waals surface area contributed by atoms with E-state index in [1.165, 1.54) is 0 Å². The van der Waals surface area contributed by atoms with Crippen LogP contribution in [0.3, 0.4) is 0 Å². The number of allylic oxidation sites excluding steroid dienone is 3. The number of carbonyl (C=O) groups excluding carboxylic acids is 1. The van der Waals surface area contributed by atoms with Gasteiger partial charge < -0.3 is 10.5 Å². The molecule has 0 radical (unpaired) electrons. The molecule has 1 rings (SSSR count). The third kappa shape index (κ3) is 4.19. The molecule has 0 aliphatic heterocycles. The van der Waals surface area contributed by atoms with Crippen molar-refractivity contribution in [2.24, 2.45) is 5.73 Å². The lowest BCUT2D eigenvalue weighted by Crippen LogP contribution is -2.38. The minimum absolute atomic E-state index is 0.339. The highest BCUT2D eigenvalue weighted by atomic mass is 16.6. The molecule has 1 aliphatic rings. The fourth-order valence-corrected chi connectivity index (χ4v) is 1.56. The van der Waals surface area contributed by atoms with E-state index in [9.17, 15) is 4.79 Å². The van der Waals surface area contributed by atoms with Gasteiger partial charge >= 0.3 is 5.97 Å². The van der Waals surface area contributed by atoms with Gasteiger partial charge in [0.25, 0.3) is 0 Å². The highest BCUT2D eigenvalue weighted by molar-refractivity contribution is 5.79. The van der Waals surface area contributed by atoms with Crippen LogP contribution in [0.1, 0.15) is 40.0 Å². The van der Waals surface area contributed by atoms with Crippen LogP contribution in [-0.4, -0.2) is 17.6 Å². The topological polar surface area (TPSA) is 52.3 Å². The number of esters is 1. The van der Waals surface area contributed by atoms with E-state index in [2.05, 4.69) is 18.2 Å². The molecule has 16 heavy (non-hydrogen) atoms. The average Bonchev–Trinajstić information content (AvgIpc) is 2.41. The minimum Gasteiger partial charge on any atom is -0.459 e. The zero-order valence-electron chi connectivity index (χ0n) is 10.3. The van der Waals surface area contributed by atoms with Gasteiger partial charge in [-0.2, -0.15) is 0 Å². The zero-order chi connectivity index (χ0) is 12.2. The summed E-state index contributed by atoms with van der Waals surface area (Å²) in [5, 5.41) is 0. The summed E-state index contributed by atoms with van der Waals surface area (Å²) in [6.07, 6.45) is 8.94. The lowest BCUT2D eigenvalue weighted by Gasteiger charge is -2.23. The first-order valence-corrected chi connectivity index (χ1v) is 5.72. The van der Waals surface area contributed by atoms with Crippen LogP contribution >= 0.6 is 0 Å². The van der Waals surface area contributed by atoms with Crippen molar-refractivity contribution in [3.8, 4) is 0 Å². The molecule has 1 atom stereocenters. The lowest BCUT2D eigenvalue weighted by molar-refractivity contribution is -0.155. The molecule has 0 aromatic carbocycles. The van der Waals surface area contributed by atoms with Crippen LogP contribution in [0.2, 0.25) is 0 Å². The number of carbonyl (C=O) groups is 1. The maximum absolute atomic E-state index is 11.8. The van der Waals surface area contributed by atoms with E-state index < -0.39 is 11.6 Å². The number of hydrogen-bond donors (Lipinski definition) is 1. The summed E-state index contributed by atoms with van der Waals surface area (Å²) in [6.45, 7) is 5.54. The molecule has 3 nitrogen and oxygen atoms in total. The van der Waals surface area contributed by atoms with Crippen molar-refractivity contribution in [2.75, 3.05) is 0 Å². The van der Waals surface area contributed by atoms with E-state index in [1.807, 2.05) is 20.8 Å². The van der Waals surface area contributed by atoms with E-state index in [0.29, 0.717) is 0 Å². The van der Waals surface area contributed by atoms with Crippen molar-refractivity contribution in [1.82, 2.24) is 0 Å². The molecule has 0 saturated heterocycles. The van der Waals surface area contributed by atoms with E-state index in [4.69, 9.17) is 10.5 Å². The summed E-state index contributed by atoms with van der Waals surface area (Å²) in [7, 11) is 0. The van der Waals surface area contributed by atoms with Crippen molar-refractivity contribution in [2.45, 2.75) is 51.7 Å². The van der Waals surface area contributed by atoms with Crippen molar-refractivity contribution in [1.29, 1.82) is 0 Å². The normalized spacial score (nSPS) is 18.6. The van der Waals surface area contributed by atoms with Gasteiger partial charge in [-0.25, -0.2) is 4.79 Å². The van der Waals surface area contributed by atoms with Gasteiger partial charge in [0.1, 0.15) is 11.6 Å². The molecule has 0 bridgehead atoms. The second kappa shape index (κ2) is 5.30. The SMILES string of the molecule is CC(C)(C)OC(=O)C(N)C1=CCCC=CC1. The minimum atomic E-state index is -0.623. The van der Waals surface area contributed by atoms with Gasteiger partial charge in [-0.05, 0) is 45.6 Å². The highest BCUT2D eigenvalue weighted by Gasteiger charge is 2.24. The van der Waals surface area contributed by atoms with E-state index in [-0.39, 0.29) is 5.97 Å². The molecule has 0 fully saturated rings. The predicted octanol–water partition coefficient (Wildman–Crippen LogP) is 2.32. The Labute approximate surface area is 97.3 Å². The van der Waals surface area contributed by atoms with Crippen molar-refractivity contribution < 1.29 is 9.53 Å². The Balaban J connectivity index is 2.62. The molecule has 0 heterocycles. The van der Waals surface area contributed by atoms with Gasteiger partial charge in [0.2, 0.25) is 0 Å². The summed E-state index contributed by atoms with van der Waals surface area (Å²) in [4.78, 5) is 11.8. The van der Waals surface area contributed by atoms with Crippen LogP contribution in [0.5, 0.6) is 0 Å². The van der Waals surface area contributed by atoms with Gasteiger partial charge in [-0.15, -0.1) is 0 Å². The van der Waals surface area contributed by atoms with Gasteiger partial charge in [0.05, 0.1) is 0 Å². The van der Waals surface area contributed by atoms with Crippen LogP contribution < -0.4 is 5.73 Å². The molecule has 0 aromatic rings. The molecule has 90 valence electrons. The van der Waals surface area contributed by atoms with Gasteiger partial charge in [0.15, 0.2) is 0 Å². The Hall–Kier alpha value is -1.09. The van der Waals surface area contributed by atoms with E-state index >= 15 is 0 Å². The largest absolute Gasteiger partial charge is 0.459 e. The second-order valence-electron chi connectivity index (χ2n) is 5.04. The van der Waals surface area contributed by atoms with Gasteiger partial charge in [0, 0.05) is 0 Å². The Bertz CT molecular complexity index is 310. The fraction of sp³-hybridized carbons (Fsp3) is 0.615. The standard InChI is InChI=1S/C13H21NO2/c1-13(2,3)16-12(15)11(14)10-8-6-4-5-7-9-10/h4,6,9,11H,5,7-8,14H2,1-3H3. The summed E-state index contributed by atoms with van der Waals surface area (Å²) in [5.41, 5.74) is 6.38. The van der Waals surface area contributed by atoms with Crippen LogP contribution in [0.4, 0.5) is 0 Å². The molecule has 1 unspecified atom stereocenters. The molecule has 0 amide bonds. The summed E-state index contributed by atoms with van der Waals surface area (Å²) in [6, 6.07) is -0.623. The lowest BCUT2D eigenvalue weighted by atomic mass is 10.0. The zero-order valence-corrected chi connectivity index (χ0v) is 10.3. The van der Waals surface area contributed by atoms with Gasteiger partial charge in [-0.1, -0.05) is 18.2 Å². The van der Waals surface area contributed by atoms with Gasteiger partial charge in [-0.3, -0.25) is 0 Å². The first-order valence-electron chi connectivity index (χ1n) is 5.72. The molecule has 0 spiro atoms. The van der Waals surface area contributed by atoms with Crippen LogP contribution in [0.25, 0.3) is 0 Å². The Kier molecular flexibility index (Phi) is 4.30. The maximum atomic E-state index is 11.8. The summed E-state index contributed by atoms with van der Waals surface area (Å²) >= 11 is 0. The molecule has 3 heteroatoms. The number of ether oxygens (including phenoxy) is 1. The quantitative estimate of drug-likeness (QED) is 0.577. The Morgan fingerprint density at radius 1 is 1.38 bits per heavy atom. The third-order valence-corrected chi connectivity index (χ3v) is 2.32. The summed E-state index contributed by atoms with van der Waals surface area (Å²) in [5.74, 6) is -0.339. The molecular weight excluding hydrogens is 202 g/mol. The Morgan fingerprint density at radius 2 is 2.06 bits per heavy atom. The average molecular weight is 223 g/mol. The number of nitrogens with two attached hydrogens (primary N) is 1. The third-order valence-electron chi connectivity index (χ3n) is 2.32. The van der Waals surface area contributed by atoms with Crippen molar-refractivity contribution >= 4 is 5.97 Å².